The van der Waals surface area contributed by atoms with E-state index in [1.54, 1.807) is 23.6 Å². The molecule has 4 heterocycles. The van der Waals surface area contributed by atoms with E-state index in [0.717, 1.165) is 48.7 Å². The van der Waals surface area contributed by atoms with Crippen LogP contribution in [0.4, 0.5) is 4.79 Å². The van der Waals surface area contributed by atoms with Gasteiger partial charge in [0.05, 0.1) is 23.3 Å². The van der Waals surface area contributed by atoms with Gasteiger partial charge >= 0.3 is 6.09 Å². The molecule has 4 rings (SSSR count). The number of amides is 1. The Bertz CT molecular complexity index is 1250. The fourth-order valence-electron chi connectivity index (χ4n) is 3.72. The number of likely N-dealkylation sites (tertiary alicyclic amines) is 1. The third kappa shape index (κ3) is 8.43. The number of ether oxygens (including phenoxy) is 2. The summed E-state index contributed by atoms with van der Waals surface area (Å²) in [6.45, 7) is 8.38. The van der Waals surface area contributed by atoms with Crippen molar-refractivity contribution in [3.8, 4) is 17.6 Å². The molecule has 0 atom stereocenters. The van der Waals surface area contributed by atoms with Gasteiger partial charge in [-0.3, -0.25) is 24.8 Å². The van der Waals surface area contributed by atoms with Crippen molar-refractivity contribution in [2.24, 2.45) is 0 Å². The molecule has 0 bridgehead atoms. The Morgan fingerprint density at radius 2 is 1.79 bits per heavy atom. The monoisotopic (exact) mass is 511 g/mol. The molecule has 196 valence electrons. The largest absolute Gasteiger partial charge is 0.462 e. The summed E-state index contributed by atoms with van der Waals surface area (Å²) in [6, 6.07) is 13.7. The Balaban J connectivity index is 1.33. The van der Waals surface area contributed by atoms with E-state index < -0.39 is 5.60 Å². The van der Waals surface area contributed by atoms with Crippen molar-refractivity contribution in [1.82, 2.24) is 24.8 Å². The predicted molar refractivity (Wildman–Crippen MR) is 145 cm³/mol. The number of carbonyl (C=O) groups excluding carboxylic acids is 1. The van der Waals surface area contributed by atoms with Crippen molar-refractivity contribution >= 4 is 6.09 Å². The average Bonchev–Trinajstić information content (AvgIpc) is 2.86. The quantitative estimate of drug-likeness (QED) is 0.305. The molecule has 0 aromatic carbocycles. The van der Waals surface area contributed by atoms with Crippen LogP contribution in [-0.2, 0) is 17.8 Å². The van der Waals surface area contributed by atoms with Crippen LogP contribution in [0.25, 0.3) is 0 Å². The lowest BCUT2D eigenvalue weighted by molar-refractivity contribution is 0.0228. The zero-order valence-electron chi connectivity index (χ0n) is 22.1. The molecule has 0 aliphatic carbocycles. The SMILES string of the molecule is CC(C)(C)OC(=O)N1CC/C1=C\Oc1cncc(C#CCCN(Cc2ccccn2)Cc2ccccn2)c1. The van der Waals surface area contributed by atoms with Gasteiger partial charge in [-0.15, -0.1) is 0 Å². The second-order valence-corrected chi connectivity index (χ2v) is 9.92. The number of rotatable bonds is 8. The second kappa shape index (κ2) is 12.8. The van der Waals surface area contributed by atoms with Crippen LogP contribution in [0, 0.1) is 11.8 Å². The molecule has 0 spiro atoms. The minimum absolute atomic E-state index is 0.364. The highest BCUT2D eigenvalue weighted by atomic mass is 16.6. The van der Waals surface area contributed by atoms with Gasteiger partial charge in [0.1, 0.15) is 17.6 Å². The summed E-state index contributed by atoms with van der Waals surface area (Å²) in [4.78, 5) is 29.3. The summed E-state index contributed by atoms with van der Waals surface area (Å²) >= 11 is 0. The van der Waals surface area contributed by atoms with Gasteiger partial charge in [-0.1, -0.05) is 24.0 Å². The van der Waals surface area contributed by atoms with Crippen LogP contribution < -0.4 is 4.74 Å². The van der Waals surface area contributed by atoms with Crippen molar-refractivity contribution < 1.29 is 14.3 Å². The number of hydrogen-bond donors (Lipinski definition) is 0. The molecule has 0 N–H and O–H groups in total. The molecule has 0 unspecified atom stereocenters. The van der Waals surface area contributed by atoms with Crippen LogP contribution >= 0.6 is 0 Å². The van der Waals surface area contributed by atoms with E-state index in [0.29, 0.717) is 18.7 Å². The van der Waals surface area contributed by atoms with E-state index in [-0.39, 0.29) is 6.09 Å². The smallest absolute Gasteiger partial charge is 0.414 e. The number of aromatic nitrogens is 3. The van der Waals surface area contributed by atoms with Crippen LogP contribution in [-0.4, -0.2) is 49.5 Å². The van der Waals surface area contributed by atoms with Gasteiger partial charge in [-0.25, -0.2) is 4.79 Å². The predicted octanol–water partition coefficient (Wildman–Crippen LogP) is 5.18. The van der Waals surface area contributed by atoms with Gasteiger partial charge in [0.25, 0.3) is 0 Å². The van der Waals surface area contributed by atoms with Crippen LogP contribution in [0.2, 0.25) is 0 Å². The van der Waals surface area contributed by atoms with Gasteiger partial charge in [-0.2, -0.15) is 0 Å². The lowest BCUT2D eigenvalue weighted by Gasteiger charge is -2.35. The van der Waals surface area contributed by atoms with E-state index in [1.165, 1.54) is 0 Å². The second-order valence-electron chi connectivity index (χ2n) is 9.92. The van der Waals surface area contributed by atoms with Gasteiger partial charge in [-0.05, 0) is 51.1 Å². The molecule has 1 saturated heterocycles. The maximum atomic E-state index is 12.3. The molecular formula is C30H33N5O3. The van der Waals surface area contributed by atoms with Gasteiger partial charge in [0.15, 0.2) is 0 Å². The third-order valence-electron chi connectivity index (χ3n) is 5.61. The van der Waals surface area contributed by atoms with Crippen LogP contribution in [0.1, 0.15) is 50.6 Å². The first kappa shape index (κ1) is 26.8. The van der Waals surface area contributed by atoms with Gasteiger partial charge < -0.3 is 9.47 Å². The molecule has 3 aromatic heterocycles. The molecule has 1 aliphatic heterocycles. The van der Waals surface area contributed by atoms with Crippen molar-refractivity contribution in [3.63, 3.8) is 0 Å². The maximum Gasteiger partial charge on any atom is 0.414 e. The number of nitrogens with zero attached hydrogens (tertiary/aromatic N) is 5. The molecule has 0 radical (unpaired) electrons. The summed E-state index contributed by atoms with van der Waals surface area (Å²) in [5.74, 6) is 6.99. The van der Waals surface area contributed by atoms with Gasteiger partial charge in [0, 0.05) is 63.2 Å². The molecule has 0 saturated carbocycles. The minimum Gasteiger partial charge on any atom is -0.462 e. The average molecular weight is 512 g/mol. The van der Waals surface area contributed by atoms with E-state index in [9.17, 15) is 4.79 Å². The summed E-state index contributed by atoms with van der Waals surface area (Å²) < 4.78 is 11.2. The van der Waals surface area contributed by atoms with Crippen molar-refractivity contribution in [3.05, 3.63) is 96.2 Å². The first-order valence-electron chi connectivity index (χ1n) is 12.7. The normalized spacial score (nSPS) is 14.0. The van der Waals surface area contributed by atoms with Crippen molar-refractivity contribution in [2.45, 2.75) is 52.3 Å². The van der Waals surface area contributed by atoms with Crippen molar-refractivity contribution in [2.75, 3.05) is 13.1 Å². The fraction of sp³-hybridized carbons (Fsp3) is 0.333. The number of pyridine rings is 3. The Hall–Kier alpha value is -4.22. The number of hydrogen-bond acceptors (Lipinski definition) is 7. The Morgan fingerprint density at radius 3 is 2.37 bits per heavy atom. The minimum atomic E-state index is -0.538. The van der Waals surface area contributed by atoms with E-state index in [1.807, 2.05) is 75.6 Å². The Labute approximate surface area is 224 Å². The first-order valence-corrected chi connectivity index (χ1v) is 12.7. The lowest BCUT2D eigenvalue weighted by Crippen LogP contribution is -2.43. The topological polar surface area (TPSA) is 80.7 Å². The van der Waals surface area contributed by atoms with Crippen LogP contribution in [0.15, 0.2) is 79.2 Å². The fourth-order valence-corrected chi connectivity index (χ4v) is 3.72. The molecular weight excluding hydrogens is 478 g/mol. The standard InChI is InChI=1S/C30H33N5O3/c1-30(2,3)38-29(36)35-17-13-27(35)23-37-28-18-24(19-31-20-28)10-6-9-16-34(21-25-11-4-7-14-32-25)22-26-12-5-8-15-33-26/h4-5,7-8,11-12,14-15,18-20,23H,9,13,16-17,21-22H2,1-3H3/b27-23+. The van der Waals surface area contributed by atoms with E-state index in [4.69, 9.17) is 9.47 Å². The summed E-state index contributed by atoms with van der Waals surface area (Å²) in [6.07, 6.45) is 9.60. The molecule has 8 heteroatoms. The van der Waals surface area contributed by atoms with E-state index in [2.05, 4.69) is 31.7 Å². The van der Waals surface area contributed by atoms with E-state index >= 15 is 0 Å². The molecule has 1 amide bonds. The zero-order chi connectivity index (χ0) is 26.8. The number of carbonyl (C=O) groups is 1. The summed E-state index contributed by atoms with van der Waals surface area (Å²) in [5, 5.41) is 0. The molecule has 8 nitrogen and oxygen atoms in total. The Morgan fingerprint density at radius 1 is 1.08 bits per heavy atom. The van der Waals surface area contributed by atoms with Crippen LogP contribution in [0.5, 0.6) is 5.75 Å². The highest BCUT2D eigenvalue weighted by Crippen LogP contribution is 2.25. The Kier molecular flexibility index (Phi) is 9.07. The van der Waals surface area contributed by atoms with Crippen molar-refractivity contribution in [1.29, 1.82) is 0 Å². The highest BCUT2D eigenvalue weighted by Gasteiger charge is 2.31. The lowest BCUT2D eigenvalue weighted by atomic mass is 10.1. The third-order valence-corrected chi connectivity index (χ3v) is 5.61. The molecule has 1 fully saturated rings. The maximum absolute atomic E-state index is 12.3. The summed E-state index contributed by atoms with van der Waals surface area (Å²) in [7, 11) is 0. The zero-order valence-corrected chi connectivity index (χ0v) is 22.1. The first-order chi connectivity index (χ1) is 18.4. The molecule has 1 aliphatic rings. The summed E-state index contributed by atoms with van der Waals surface area (Å²) in [5.41, 5.74) is 3.02. The van der Waals surface area contributed by atoms with Crippen LogP contribution in [0.3, 0.4) is 0 Å². The highest BCUT2D eigenvalue weighted by molar-refractivity contribution is 5.71. The molecule has 3 aromatic rings. The van der Waals surface area contributed by atoms with Gasteiger partial charge in [0.2, 0.25) is 0 Å². The molecule has 38 heavy (non-hydrogen) atoms.